The lowest BCUT2D eigenvalue weighted by Crippen LogP contribution is -2.07. The molecule has 0 saturated carbocycles. The molecule has 132 valence electrons. The number of benzene rings is 1. The standard InChI is InChI=1S/C19H20N6S/c1-14-23-18(20-9-5-6-10-25-12-21-22-13-25)17-16(11-26-19(17)24-14)15-7-3-2-4-8-15/h2-4,7-8,11-13H,5-6,9-10H2,1H3,(H,20,23,24). The number of aryl methyl sites for hydroxylation is 2. The van der Waals surface area contributed by atoms with Crippen LogP contribution in [0.4, 0.5) is 5.82 Å². The normalized spacial score (nSPS) is 11.1. The highest BCUT2D eigenvalue weighted by Gasteiger charge is 2.14. The Hall–Kier alpha value is -2.80. The summed E-state index contributed by atoms with van der Waals surface area (Å²) in [5, 5.41) is 14.5. The van der Waals surface area contributed by atoms with Crippen LogP contribution in [0.5, 0.6) is 0 Å². The molecule has 4 aromatic rings. The number of thiophene rings is 1. The van der Waals surface area contributed by atoms with Crippen molar-refractivity contribution in [3.8, 4) is 11.1 Å². The molecule has 0 spiro atoms. The fourth-order valence-electron chi connectivity index (χ4n) is 2.97. The summed E-state index contributed by atoms with van der Waals surface area (Å²) >= 11 is 1.67. The molecule has 7 heteroatoms. The molecule has 0 amide bonds. The van der Waals surface area contributed by atoms with Crippen LogP contribution in [0, 0.1) is 6.92 Å². The Morgan fingerprint density at radius 3 is 2.65 bits per heavy atom. The number of aromatic nitrogens is 5. The van der Waals surface area contributed by atoms with E-state index in [9.17, 15) is 0 Å². The topological polar surface area (TPSA) is 68.5 Å². The van der Waals surface area contributed by atoms with E-state index < -0.39 is 0 Å². The third-order valence-electron chi connectivity index (χ3n) is 4.23. The predicted octanol–water partition coefficient (Wildman–Crippen LogP) is 4.15. The Morgan fingerprint density at radius 2 is 1.85 bits per heavy atom. The minimum atomic E-state index is 0.797. The monoisotopic (exact) mass is 364 g/mol. The van der Waals surface area contributed by atoms with Crippen LogP contribution in [0.15, 0.2) is 48.4 Å². The highest BCUT2D eigenvalue weighted by Crippen LogP contribution is 2.36. The van der Waals surface area contributed by atoms with Gasteiger partial charge in [0.1, 0.15) is 29.1 Å². The molecule has 4 rings (SSSR count). The van der Waals surface area contributed by atoms with Gasteiger partial charge in [-0.1, -0.05) is 30.3 Å². The van der Waals surface area contributed by atoms with E-state index in [1.165, 1.54) is 11.1 Å². The van der Waals surface area contributed by atoms with Crippen LogP contribution < -0.4 is 5.32 Å². The Bertz CT molecular complexity index is 978. The molecule has 3 heterocycles. The van der Waals surface area contributed by atoms with Crippen LogP contribution in [-0.4, -0.2) is 31.3 Å². The number of anilines is 1. The van der Waals surface area contributed by atoms with Crippen molar-refractivity contribution in [2.45, 2.75) is 26.3 Å². The van der Waals surface area contributed by atoms with E-state index in [1.807, 2.05) is 17.6 Å². The summed E-state index contributed by atoms with van der Waals surface area (Å²) in [5.41, 5.74) is 2.39. The summed E-state index contributed by atoms with van der Waals surface area (Å²) < 4.78 is 2.00. The van der Waals surface area contributed by atoms with Gasteiger partial charge in [-0.25, -0.2) is 9.97 Å². The van der Waals surface area contributed by atoms with Crippen LogP contribution >= 0.6 is 11.3 Å². The van der Waals surface area contributed by atoms with Gasteiger partial charge in [-0.2, -0.15) is 0 Å². The van der Waals surface area contributed by atoms with E-state index in [2.05, 4.69) is 55.1 Å². The zero-order valence-corrected chi connectivity index (χ0v) is 15.4. The summed E-state index contributed by atoms with van der Waals surface area (Å²) in [6.45, 7) is 3.75. The van der Waals surface area contributed by atoms with Crippen molar-refractivity contribution in [2.24, 2.45) is 0 Å². The minimum Gasteiger partial charge on any atom is -0.369 e. The SMILES string of the molecule is Cc1nc(NCCCCn2cnnc2)c2c(-c3ccccc3)csc2n1. The lowest BCUT2D eigenvalue weighted by molar-refractivity contribution is 0.619. The van der Waals surface area contributed by atoms with Crippen LogP contribution in [-0.2, 0) is 6.54 Å². The molecular formula is C19H20N6S. The lowest BCUT2D eigenvalue weighted by Gasteiger charge is -2.10. The number of hydrogen-bond acceptors (Lipinski definition) is 6. The molecule has 0 radical (unpaired) electrons. The van der Waals surface area contributed by atoms with Gasteiger partial charge in [0, 0.05) is 24.0 Å². The lowest BCUT2D eigenvalue weighted by atomic mass is 10.1. The molecular weight excluding hydrogens is 344 g/mol. The highest BCUT2D eigenvalue weighted by atomic mass is 32.1. The molecule has 0 atom stereocenters. The second kappa shape index (κ2) is 7.61. The maximum atomic E-state index is 4.67. The van der Waals surface area contributed by atoms with E-state index in [0.29, 0.717) is 0 Å². The van der Waals surface area contributed by atoms with E-state index in [-0.39, 0.29) is 0 Å². The summed E-state index contributed by atoms with van der Waals surface area (Å²) in [4.78, 5) is 10.3. The quantitative estimate of drug-likeness (QED) is 0.499. The van der Waals surface area contributed by atoms with E-state index >= 15 is 0 Å². The molecule has 0 bridgehead atoms. The Morgan fingerprint density at radius 1 is 1.04 bits per heavy atom. The van der Waals surface area contributed by atoms with Crippen molar-refractivity contribution in [3.63, 3.8) is 0 Å². The van der Waals surface area contributed by atoms with Gasteiger partial charge in [-0.15, -0.1) is 21.5 Å². The summed E-state index contributed by atoms with van der Waals surface area (Å²) in [5.74, 6) is 1.72. The fraction of sp³-hybridized carbons (Fsp3) is 0.263. The van der Waals surface area contributed by atoms with Gasteiger partial charge < -0.3 is 9.88 Å². The number of unbranched alkanes of at least 4 members (excludes halogenated alkanes) is 1. The summed E-state index contributed by atoms with van der Waals surface area (Å²) in [6.07, 6.45) is 5.62. The molecule has 0 unspecified atom stereocenters. The average molecular weight is 364 g/mol. The third kappa shape index (κ3) is 3.57. The first-order chi connectivity index (χ1) is 12.8. The van der Waals surface area contributed by atoms with E-state index in [4.69, 9.17) is 0 Å². The van der Waals surface area contributed by atoms with Gasteiger partial charge in [0.05, 0.1) is 5.39 Å². The molecule has 0 aliphatic carbocycles. The van der Waals surface area contributed by atoms with Crippen LogP contribution in [0.1, 0.15) is 18.7 Å². The molecule has 0 aliphatic heterocycles. The maximum absolute atomic E-state index is 4.67. The maximum Gasteiger partial charge on any atom is 0.139 e. The Kier molecular flexibility index (Phi) is 4.88. The van der Waals surface area contributed by atoms with Gasteiger partial charge >= 0.3 is 0 Å². The first kappa shape index (κ1) is 16.7. The Balaban J connectivity index is 1.51. The van der Waals surface area contributed by atoms with Crippen molar-refractivity contribution in [1.82, 2.24) is 24.7 Å². The molecule has 1 N–H and O–H groups in total. The van der Waals surface area contributed by atoms with Crippen molar-refractivity contribution in [2.75, 3.05) is 11.9 Å². The first-order valence-corrected chi connectivity index (χ1v) is 9.57. The van der Waals surface area contributed by atoms with Gasteiger partial charge in [-0.3, -0.25) is 0 Å². The first-order valence-electron chi connectivity index (χ1n) is 8.69. The molecule has 0 aliphatic rings. The summed E-state index contributed by atoms with van der Waals surface area (Å²) in [6, 6.07) is 10.4. The van der Waals surface area contributed by atoms with Gasteiger partial charge in [0.25, 0.3) is 0 Å². The van der Waals surface area contributed by atoms with Crippen molar-refractivity contribution in [1.29, 1.82) is 0 Å². The van der Waals surface area contributed by atoms with Gasteiger partial charge in [-0.05, 0) is 25.3 Å². The zero-order chi connectivity index (χ0) is 17.8. The number of hydrogen-bond donors (Lipinski definition) is 1. The van der Waals surface area contributed by atoms with Crippen molar-refractivity contribution < 1.29 is 0 Å². The molecule has 0 saturated heterocycles. The molecule has 0 fully saturated rings. The minimum absolute atomic E-state index is 0.797. The largest absolute Gasteiger partial charge is 0.369 e. The number of nitrogens with zero attached hydrogens (tertiary/aromatic N) is 5. The second-order valence-electron chi connectivity index (χ2n) is 6.15. The highest BCUT2D eigenvalue weighted by molar-refractivity contribution is 7.17. The zero-order valence-electron chi connectivity index (χ0n) is 14.6. The molecule has 6 nitrogen and oxygen atoms in total. The second-order valence-corrected chi connectivity index (χ2v) is 7.01. The molecule has 1 aromatic carbocycles. The molecule has 3 aromatic heterocycles. The smallest absolute Gasteiger partial charge is 0.139 e. The number of fused-ring (bicyclic) bond motifs is 1. The van der Waals surface area contributed by atoms with Crippen LogP contribution in [0.2, 0.25) is 0 Å². The fourth-order valence-corrected chi connectivity index (χ4v) is 3.96. The van der Waals surface area contributed by atoms with Crippen molar-refractivity contribution >= 4 is 27.4 Å². The van der Waals surface area contributed by atoms with E-state index in [0.717, 1.165) is 47.8 Å². The molecule has 26 heavy (non-hydrogen) atoms. The number of rotatable bonds is 7. The van der Waals surface area contributed by atoms with Crippen molar-refractivity contribution in [3.05, 3.63) is 54.2 Å². The van der Waals surface area contributed by atoms with Gasteiger partial charge in [0.2, 0.25) is 0 Å². The average Bonchev–Trinajstić information content (AvgIpc) is 3.31. The van der Waals surface area contributed by atoms with Gasteiger partial charge in [0.15, 0.2) is 0 Å². The third-order valence-corrected chi connectivity index (χ3v) is 5.10. The predicted molar refractivity (Wildman–Crippen MR) is 105 cm³/mol. The summed E-state index contributed by atoms with van der Waals surface area (Å²) in [7, 11) is 0. The Labute approximate surface area is 156 Å². The van der Waals surface area contributed by atoms with E-state index in [1.54, 1.807) is 24.0 Å². The van der Waals surface area contributed by atoms with Crippen LogP contribution in [0.25, 0.3) is 21.3 Å². The van der Waals surface area contributed by atoms with Crippen LogP contribution in [0.3, 0.4) is 0 Å². The number of nitrogens with one attached hydrogen (secondary N) is 1.